The van der Waals surface area contributed by atoms with Gasteiger partial charge in [0.2, 0.25) is 5.91 Å². The number of hydrogen-bond donors (Lipinski definition) is 3. The number of aromatic amines is 1. The summed E-state index contributed by atoms with van der Waals surface area (Å²) in [5, 5.41) is 7.21. The molecule has 1 saturated heterocycles. The standard InChI is InChI=1S/C19H20ClFN6O/c20-15-8-12(21)3-4-16(15)23-9-17(28)26-13-2-1-7-27(10-13)19-14-5-6-22-18(14)24-11-25-19/h3-6,8,11,13,23H,1-2,7,9-10H2,(H,26,28)(H,22,24,25)/t13-/m1/s1. The number of aromatic nitrogens is 3. The number of nitrogens with zero attached hydrogens (tertiary/aromatic N) is 3. The van der Waals surface area contributed by atoms with Gasteiger partial charge in [-0.05, 0) is 37.1 Å². The molecule has 0 spiro atoms. The van der Waals surface area contributed by atoms with Gasteiger partial charge in [0, 0.05) is 25.3 Å². The molecule has 3 N–H and O–H groups in total. The summed E-state index contributed by atoms with van der Waals surface area (Å²) in [6, 6.07) is 6.02. The Hall–Kier alpha value is -2.87. The van der Waals surface area contributed by atoms with Crippen molar-refractivity contribution in [1.29, 1.82) is 0 Å². The first kappa shape index (κ1) is 18.5. The van der Waals surface area contributed by atoms with Gasteiger partial charge in [-0.3, -0.25) is 4.79 Å². The number of carbonyl (C=O) groups is 1. The van der Waals surface area contributed by atoms with Crippen LogP contribution in [-0.2, 0) is 4.79 Å². The number of amides is 1. The Morgan fingerprint density at radius 2 is 2.25 bits per heavy atom. The number of carbonyl (C=O) groups excluding carboxylic acids is 1. The van der Waals surface area contributed by atoms with E-state index in [0.717, 1.165) is 36.2 Å². The lowest BCUT2D eigenvalue weighted by Gasteiger charge is -2.34. The quantitative estimate of drug-likeness (QED) is 0.611. The summed E-state index contributed by atoms with van der Waals surface area (Å²) in [7, 11) is 0. The number of hydrogen-bond acceptors (Lipinski definition) is 5. The van der Waals surface area contributed by atoms with Crippen molar-refractivity contribution in [2.24, 2.45) is 0 Å². The molecule has 7 nitrogen and oxygen atoms in total. The van der Waals surface area contributed by atoms with Crippen molar-refractivity contribution in [2.45, 2.75) is 18.9 Å². The Morgan fingerprint density at radius 1 is 1.36 bits per heavy atom. The zero-order valence-corrected chi connectivity index (χ0v) is 15.8. The molecule has 4 rings (SSSR count). The van der Waals surface area contributed by atoms with Crippen LogP contribution in [-0.4, -0.2) is 46.5 Å². The molecule has 1 fully saturated rings. The van der Waals surface area contributed by atoms with Gasteiger partial charge >= 0.3 is 0 Å². The van der Waals surface area contributed by atoms with Crippen LogP contribution in [0.25, 0.3) is 11.0 Å². The first-order chi connectivity index (χ1) is 13.6. The predicted molar refractivity (Wildman–Crippen MR) is 107 cm³/mol. The Labute approximate surface area is 166 Å². The van der Waals surface area contributed by atoms with Crippen molar-refractivity contribution in [1.82, 2.24) is 20.3 Å². The minimum absolute atomic E-state index is 0.0238. The van der Waals surface area contributed by atoms with Crippen LogP contribution in [0, 0.1) is 5.82 Å². The Morgan fingerprint density at radius 3 is 3.11 bits per heavy atom. The van der Waals surface area contributed by atoms with Crippen molar-refractivity contribution in [2.75, 3.05) is 29.9 Å². The van der Waals surface area contributed by atoms with Gasteiger partial charge in [0.1, 0.15) is 23.6 Å². The molecule has 0 saturated carbocycles. The second-order valence-electron chi connectivity index (χ2n) is 6.77. The summed E-state index contributed by atoms with van der Waals surface area (Å²) < 4.78 is 13.1. The molecule has 1 aliphatic heterocycles. The molecule has 1 amide bonds. The first-order valence-electron chi connectivity index (χ1n) is 9.11. The second kappa shape index (κ2) is 8.02. The van der Waals surface area contributed by atoms with Crippen molar-refractivity contribution in [3.05, 3.63) is 47.6 Å². The van der Waals surface area contributed by atoms with Crippen molar-refractivity contribution < 1.29 is 9.18 Å². The third-order valence-corrected chi connectivity index (χ3v) is 5.10. The Bertz CT molecular complexity index is 993. The maximum absolute atomic E-state index is 13.1. The van der Waals surface area contributed by atoms with Crippen LogP contribution >= 0.6 is 11.6 Å². The molecule has 146 valence electrons. The molecule has 1 aliphatic rings. The van der Waals surface area contributed by atoms with Crippen molar-refractivity contribution >= 4 is 40.0 Å². The number of nitrogens with one attached hydrogen (secondary N) is 3. The largest absolute Gasteiger partial charge is 0.375 e. The number of rotatable bonds is 5. The zero-order valence-electron chi connectivity index (χ0n) is 15.1. The van der Waals surface area contributed by atoms with Crippen LogP contribution < -0.4 is 15.5 Å². The lowest BCUT2D eigenvalue weighted by molar-refractivity contribution is -0.120. The summed E-state index contributed by atoms with van der Waals surface area (Å²) in [5.74, 6) is 0.326. The van der Waals surface area contributed by atoms with Gasteiger partial charge in [-0.25, -0.2) is 14.4 Å². The molecule has 1 atom stereocenters. The molecule has 0 radical (unpaired) electrons. The molecule has 3 heterocycles. The van der Waals surface area contributed by atoms with E-state index in [0.29, 0.717) is 12.2 Å². The highest BCUT2D eigenvalue weighted by Crippen LogP contribution is 2.25. The molecule has 9 heteroatoms. The lowest BCUT2D eigenvalue weighted by Crippen LogP contribution is -2.49. The van der Waals surface area contributed by atoms with Gasteiger partial charge in [0.15, 0.2) is 0 Å². The van der Waals surface area contributed by atoms with E-state index < -0.39 is 5.82 Å². The molecule has 2 aromatic heterocycles. The first-order valence-corrected chi connectivity index (χ1v) is 9.49. The van der Waals surface area contributed by atoms with Gasteiger partial charge in [-0.1, -0.05) is 11.6 Å². The molecule has 28 heavy (non-hydrogen) atoms. The van der Waals surface area contributed by atoms with E-state index in [4.69, 9.17) is 11.6 Å². The number of piperidine rings is 1. The normalized spacial score (nSPS) is 16.9. The minimum atomic E-state index is -0.413. The zero-order chi connectivity index (χ0) is 19.5. The lowest BCUT2D eigenvalue weighted by atomic mass is 10.1. The van der Waals surface area contributed by atoms with E-state index in [-0.39, 0.29) is 23.5 Å². The summed E-state index contributed by atoms with van der Waals surface area (Å²) in [4.78, 5) is 26.3. The SMILES string of the molecule is O=C(CNc1ccc(F)cc1Cl)N[C@@H]1CCCN(c2ncnc3[nH]ccc23)C1. The van der Waals surface area contributed by atoms with Crippen molar-refractivity contribution in [3.63, 3.8) is 0 Å². The van der Waals surface area contributed by atoms with Crippen LogP contribution in [0.1, 0.15) is 12.8 Å². The number of fused-ring (bicyclic) bond motifs is 1. The van der Waals surface area contributed by atoms with E-state index in [9.17, 15) is 9.18 Å². The van der Waals surface area contributed by atoms with Crippen LogP contribution in [0.2, 0.25) is 5.02 Å². The fourth-order valence-electron chi connectivity index (χ4n) is 3.49. The highest BCUT2D eigenvalue weighted by Gasteiger charge is 2.23. The number of benzene rings is 1. The van der Waals surface area contributed by atoms with Crippen LogP contribution in [0.4, 0.5) is 15.9 Å². The highest BCUT2D eigenvalue weighted by molar-refractivity contribution is 6.33. The van der Waals surface area contributed by atoms with E-state index in [1.165, 1.54) is 18.2 Å². The third kappa shape index (κ3) is 4.01. The van der Waals surface area contributed by atoms with Gasteiger partial charge in [-0.2, -0.15) is 0 Å². The van der Waals surface area contributed by atoms with Gasteiger partial charge in [0.05, 0.1) is 22.6 Å². The van der Waals surface area contributed by atoms with Crippen LogP contribution in [0.5, 0.6) is 0 Å². The number of halogens is 2. The molecular weight excluding hydrogens is 383 g/mol. The van der Waals surface area contributed by atoms with Crippen molar-refractivity contribution in [3.8, 4) is 0 Å². The smallest absolute Gasteiger partial charge is 0.239 e. The third-order valence-electron chi connectivity index (χ3n) is 4.79. The highest BCUT2D eigenvalue weighted by atomic mass is 35.5. The Balaban J connectivity index is 1.36. The number of H-pyrrole nitrogens is 1. The summed E-state index contributed by atoms with van der Waals surface area (Å²) in [5.41, 5.74) is 1.33. The van der Waals surface area contributed by atoms with Gasteiger partial charge in [-0.15, -0.1) is 0 Å². The van der Waals surface area contributed by atoms with E-state index in [1.54, 1.807) is 6.33 Å². The molecule has 0 aliphatic carbocycles. The summed E-state index contributed by atoms with van der Waals surface area (Å²) in [6.45, 7) is 1.63. The molecule has 3 aromatic rings. The Kier molecular flexibility index (Phi) is 5.29. The van der Waals surface area contributed by atoms with E-state index >= 15 is 0 Å². The maximum Gasteiger partial charge on any atom is 0.239 e. The molecule has 1 aromatic carbocycles. The topological polar surface area (TPSA) is 85.9 Å². The predicted octanol–water partition coefficient (Wildman–Crippen LogP) is 2.95. The monoisotopic (exact) mass is 402 g/mol. The number of anilines is 2. The molecule has 0 unspecified atom stereocenters. The molecular formula is C19H20ClFN6O. The average molecular weight is 403 g/mol. The van der Waals surface area contributed by atoms with Crippen LogP contribution in [0.3, 0.4) is 0 Å². The van der Waals surface area contributed by atoms with E-state index in [2.05, 4.69) is 30.5 Å². The maximum atomic E-state index is 13.1. The minimum Gasteiger partial charge on any atom is -0.375 e. The van der Waals surface area contributed by atoms with Crippen LogP contribution in [0.15, 0.2) is 36.8 Å². The summed E-state index contributed by atoms with van der Waals surface area (Å²) >= 11 is 5.97. The van der Waals surface area contributed by atoms with E-state index in [1.807, 2.05) is 12.3 Å². The summed E-state index contributed by atoms with van der Waals surface area (Å²) in [6.07, 6.45) is 5.25. The molecule has 0 bridgehead atoms. The fourth-order valence-corrected chi connectivity index (χ4v) is 3.72. The van der Waals surface area contributed by atoms with Gasteiger partial charge in [0.25, 0.3) is 0 Å². The van der Waals surface area contributed by atoms with Gasteiger partial charge < -0.3 is 20.5 Å². The second-order valence-corrected chi connectivity index (χ2v) is 7.17. The fraction of sp³-hybridized carbons (Fsp3) is 0.316. The average Bonchev–Trinajstić information content (AvgIpc) is 3.16.